The van der Waals surface area contributed by atoms with E-state index >= 15 is 0 Å². The van der Waals surface area contributed by atoms with Crippen LogP contribution < -0.4 is 10.6 Å². The third-order valence-corrected chi connectivity index (χ3v) is 4.22. The first-order valence-corrected chi connectivity index (χ1v) is 6.61. The number of halogens is 1. The molecule has 1 aliphatic heterocycles. The minimum absolute atomic E-state index is 0.444. The highest BCUT2D eigenvalue weighted by Gasteiger charge is 2.24. The van der Waals surface area contributed by atoms with Gasteiger partial charge in [0.15, 0.2) is 0 Å². The number of aromatic nitrogens is 1. The predicted octanol–water partition coefficient (Wildman–Crippen LogP) is 2.47. The van der Waals surface area contributed by atoms with Crippen molar-refractivity contribution in [2.45, 2.75) is 32.2 Å². The third kappa shape index (κ3) is 2.23. The van der Waals surface area contributed by atoms with Crippen molar-refractivity contribution in [3.8, 4) is 0 Å². The number of rotatable bonds is 2. The lowest BCUT2D eigenvalue weighted by atomic mass is 10.0. The Balaban J connectivity index is 2.30. The van der Waals surface area contributed by atoms with Gasteiger partial charge in [0.2, 0.25) is 0 Å². The van der Waals surface area contributed by atoms with Crippen LogP contribution in [0.25, 0.3) is 0 Å². The van der Waals surface area contributed by atoms with E-state index in [9.17, 15) is 0 Å². The van der Waals surface area contributed by atoms with Gasteiger partial charge in [-0.2, -0.15) is 0 Å². The van der Waals surface area contributed by atoms with Gasteiger partial charge in [-0.25, -0.2) is 4.98 Å². The Kier molecular flexibility index (Phi) is 3.82. The summed E-state index contributed by atoms with van der Waals surface area (Å²) in [4.78, 5) is 6.83. The van der Waals surface area contributed by atoms with Gasteiger partial charge >= 0.3 is 0 Å². The Bertz CT molecular complexity index is 367. The summed E-state index contributed by atoms with van der Waals surface area (Å²) in [5, 5.41) is 0. The quantitative estimate of drug-likeness (QED) is 0.907. The fraction of sp³-hybridized carbons (Fsp3) is 0.583. The van der Waals surface area contributed by atoms with Crippen molar-refractivity contribution in [1.29, 1.82) is 0 Å². The molecule has 0 spiro atoms. The number of hydrogen-bond donors (Lipinski definition) is 1. The number of hydrogen-bond acceptors (Lipinski definition) is 3. The van der Waals surface area contributed by atoms with Gasteiger partial charge < -0.3 is 10.6 Å². The lowest BCUT2D eigenvalue weighted by Gasteiger charge is -2.36. The molecule has 88 valence electrons. The second-order valence-corrected chi connectivity index (χ2v) is 5.14. The Labute approximate surface area is 105 Å². The Morgan fingerprint density at radius 3 is 3.12 bits per heavy atom. The summed E-state index contributed by atoms with van der Waals surface area (Å²) in [7, 11) is 0. The van der Waals surface area contributed by atoms with Crippen molar-refractivity contribution in [3.05, 3.63) is 22.3 Å². The molecule has 16 heavy (non-hydrogen) atoms. The molecule has 0 radical (unpaired) electrons. The zero-order valence-corrected chi connectivity index (χ0v) is 11.2. The highest BCUT2D eigenvalue weighted by Crippen LogP contribution is 2.31. The third-order valence-electron chi connectivity index (χ3n) is 3.24. The van der Waals surface area contributed by atoms with Crippen molar-refractivity contribution >= 4 is 21.7 Å². The summed E-state index contributed by atoms with van der Waals surface area (Å²) in [6, 6.07) is 2.47. The van der Waals surface area contributed by atoms with Crippen LogP contribution in [0.2, 0.25) is 0 Å². The van der Waals surface area contributed by atoms with Crippen LogP contribution in [0.3, 0.4) is 0 Å². The minimum Gasteiger partial charge on any atom is -0.351 e. The number of pyridine rings is 1. The van der Waals surface area contributed by atoms with E-state index in [4.69, 9.17) is 5.73 Å². The van der Waals surface area contributed by atoms with E-state index in [0.717, 1.165) is 16.8 Å². The van der Waals surface area contributed by atoms with Crippen molar-refractivity contribution in [1.82, 2.24) is 4.98 Å². The summed E-state index contributed by atoms with van der Waals surface area (Å²) < 4.78 is 1.11. The Morgan fingerprint density at radius 2 is 2.38 bits per heavy atom. The molecule has 1 atom stereocenters. The zero-order valence-electron chi connectivity index (χ0n) is 9.62. The summed E-state index contributed by atoms with van der Waals surface area (Å²) >= 11 is 3.63. The van der Waals surface area contributed by atoms with Crippen LogP contribution in [-0.2, 0) is 0 Å². The highest BCUT2D eigenvalue weighted by atomic mass is 79.9. The molecule has 0 saturated carbocycles. The topological polar surface area (TPSA) is 42.2 Å². The maximum absolute atomic E-state index is 5.83. The first-order valence-electron chi connectivity index (χ1n) is 5.82. The molecule has 0 amide bonds. The molecular formula is C12H18BrN3. The van der Waals surface area contributed by atoms with Crippen LogP contribution in [-0.4, -0.2) is 24.1 Å². The first kappa shape index (κ1) is 11.9. The molecule has 1 unspecified atom stereocenters. The molecule has 1 aromatic heterocycles. The standard InChI is InChI=1S/C12H18BrN3/c1-9-5-6-15-12(11(9)13)16-7-3-2-4-10(16)8-14/h5-6,10H,2-4,7-8,14H2,1H3. The fourth-order valence-electron chi connectivity index (χ4n) is 2.25. The van der Waals surface area contributed by atoms with Gasteiger partial charge in [-0.05, 0) is 53.7 Å². The largest absolute Gasteiger partial charge is 0.351 e. The zero-order chi connectivity index (χ0) is 11.5. The molecule has 0 bridgehead atoms. The summed E-state index contributed by atoms with van der Waals surface area (Å²) in [6.45, 7) is 3.87. The van der Waals surface area contributed by atoms with Crippen LogP contribution in [0, 0.1) is 6.92 Å². The molecule has 0 aliphatic carbocycles. The van der Waals surface area contributed by atoms with Crippen LogP contribution in [0.5, 0.6) is 0 Å². The minimum atomic E-state index is 0.444. The van der Waals surface area contributed by atoms with Gasteiger partial charge in [0.25, 0.3) is 0 Å². The maximum Gasteiger partial charge on any atom is 0.143 e. The van der Waals surface area contributed by atoms with Crippen LogP contribution in [0.15, 0.2) is 16.7 Å². The summed E-state index contributed by atoms with van der Waals surface area (Å²) in [5.74, 6) is 1.05. The van der Waals surface area contributed by atoms with E-state index in [1.165, 1.54) is 24.8 Å². The Morgan fingerprint density at radius 1 is 1.56 bits per heavy atom. The molecule has 1 fully saturated rings. The van der Waals surface area contributed by atoms with Crippen LogP contribution >= 0.6 is 15.9 Å². The van der Waals surface area contributed by atoms with E-state index < -0.39 is 0 Å². The molecule has 1 aliphatic rings. The molecule has 2 rings (SSSR count). The van der Waals surface area contributed by atoms with E-state index in [-0.39, 0.29) is 0 Å². The summed E-state index contributed by atoms with van der Waals surface area (Å²) in [6.07, 6.45) is 5.57. The second kappa shape index (κ2) is 5.15. The van der Waals surface area contributed by atoms with Crippen LogP contribution in [0.4, 0.5) is 5.82 Å². The summed E-state index contributed by atoms with van der Waals surface area (Å²) in [5.41, 5.74) is 7.06. The van der Waals surface area contributed by atoms with Crippen LogP contribution in [0.1, 0.15) is 24.8 Å². The number of anilines is 1. The van der Waals surface area contributed by atoms with E-state index in [0.29, 0.717) is 12.6 Å². The highest BCUT2D eigenvalue weighted by molar-refractivity contribution is 9.10. The number of aryl methyl sites for hydroxylation is 1. The van der Waals surface area contributed by atoms with Gasteiger partial charge in [-0.15, -0.1) is 0 Å². The first-order chi connectivity index (χ1) is 7.74. The molecule has 4 heteroatoms. The van der Waals surface area contributed by atoms with E-state index in [1.54, 1.807) is 0 Å². The van der Waals surface area contributed by atoms with Gasteiger partial charge in [0.1, 0.15) is 5.82 Å². The van der Waals surface area contributed by atoms with Gasteiger partial charge in [-0.1, -0.05) is 0 Å². The molecule has 1 saturated heterocycles. The fourth-order valence-corrected chi connectivity index (χ4v) is 2.71. The predicted molar refractivity (Wildman–Crippen MR) is 70.7 cm³/mol. The molecule has 3 nitrogen and oxygen atoms in total. The monoisotopic (exact) mass is 283 g/mol. The molecular weight excluding hydrogens is 266 g/mol. The lowest BCUT2D eigenvalue weighted by molar-refractivity contribution is 0.461. The van der Waals surface area contributed by atoms with Gasteiger partial charge in [0.05, 0.1) is 4.47 Å². The molecule has 2 heterocycles. The van der Waals surface area contributed by atoms with E-state index in [1.807, 2.05) is 12.3 Å². The van der Waals surface area contributed by atoms with Crippen molar-refractivity contribution in [3.63, 3.8) is 0 Å². The molecule has 0 aromatic carbocycles. The van der Waals surface area contributed by atoms with Crippen molar-refractivity contribution in [2.24, 2.45) is 5.73 Å². The average Bonchev–Trinajstić information content (AvgIpc) is 2.33. The molecule has 2 N–H and O–H groups in total. The smallest absolute Gasteiger partial charge is 0.143 e. The SMILES string of the molecule is Cc1ccnc(N2CCCCC2CN)c1Br. The van der Waals surface area contributed by atoms with Gasteiger partial charge in [-0.3, -0.25) is 0 Å². The number of nitrogens with two attached hydrogens (primary N) is 1. The van der Waals surface area contributed by atoms with Crippen molar-refractivity contribution in [2.75, 3.05) is 18.0 Å². The number of piperidine rings is 1. The lowest BCUT2D eigenvalue weighted by Crippen LogP contribution is -2.44. The van der Waals surface area contributed by atoms with E-state index in [2.05, 4.69) is 32.7 Å². The Hall–Kier alpha value is -0.610. The molecule has 1 aromatic rings. The van der Waals surface area contributed by atoms with Crippen molar-refractivity contribution < 1.29 is 0 Å². The maximum atomic E-state index is 5.83. The average molecular weight is 284 g/mol. The normalized spacial score (nSPS) is 21.2. The number of nitrogens with zero attached hydrogens (tertiary/aromatic N) is 2. The van der Waals surface area contributed by atoms with Gasteiger partial charge in [0, 0.05) is 25.3 Å². The second-order valence-electron chi connectivity index (χ2n) is 4.34.